The fourth-order valence-corrected chi connectivity index (χ4v) is 3.34. The van der Waals surface area contributed by atoms with Gasteiger partial charge in [0.15, 0.2) is 9.84 Å². The standard InChI is InChI=1S/C14H16ClNO3S/c1-20(18,19)12-8-9-16(10-12)14(17)7-6-11-4-2-3-5-13(11)15/h2-7,12H,8-10H2,1H3/b7-6+/t12-/m0/s1. The Bertz CT molecular complexity index is 640. The van der Waals surface area contributed by atoms with Gasteiger partial charge in [-0.1, -0.05) is 29.8 Å². The Hall–Kier alpha value is -1.33. The van der Waals surface area contributed by atoms with Crippen molar-refractivity contribution in [2.24, 2.45) is 0 Å². The smallest absolute Gasteiger partial charge is 0.246 e. The van der Waals surface area contributed by atoms with Gasteiger partial charge in [-0.2, -0.15) is 0 Å². The summed E-state index contributed by atoms with van der Waals surface area (Å²) in [6.45, 7) is 0.744. The second kappa shape index (κ2) is 5.97. The first-order valence-electron chi connectivity index (χ1n) is 6.28. The number of sulfone groups is 1. The minimum atomic E-state index is -3.08. The zero-order valence-electron chi connectivity index (χ0n) is 11.1. The molecule has 4 nitrogen and oxygen atoms in total. The van der Waals surface area contributed by atoms with Crippen molar-refractivity contribution in [2.45, 2.75) is 11.7 Å². The monoisotopic (exact) mass is 313 g/mol. The molecular weight excluding hydrogens is 298 g/mol. The molecule has 0 radical (unpaired) electrons. The maximum Gasteiger partial charge on any atom is 0.246 e. The van der Waals surface area contributed by atoms with Crippen LogP contribution in [0.5, 0.6) is 0 Å². The third-order valence-electron chi connectivity index (χ3n) is 3.37. The van der Waals surface area contributed by atoms with Crippen LogP contribution >= 0.6 is 11.6 Å². The molecule has 1 amide bonds. The van der Waals surface area contributed by atoms with Crippen LogP contribution in [0.1, 0.15) is 12.0 Å². The zero-order valence-corrected chi connectivity index (χ0v) is 12.7. The lowest BCUT2D eigenvalue weighted by Crippen LogP contribution is -2.30. The van der Waals surface area contributed by atoms with E-state index in [0.29, 0.717) is 18.0 Å². The predicted molar refractivity (Wildman–Crippen MR) is 80.3 cm³/mol. The molecule has 0 aliphatic carbocycles. The molecule has 1 aromatic carbocycles. The topological polar surface area (TPSA) is 54.5 Å². The molecule has 0 bridgehead atoms. The molecular formula is C14H16ClNO3S. The summed E-state index contributed by atoms with van der Waals surface area (Å²) < 4.78 is 22.9. The third-order valence-corrected chi connectivity index (χ3v) is 5.31. The summed E-state index contributed by atoms with van der Waals surface area (Å²) in [5, 5.41) is 0.132. The van der Waals surface area contributed by atoms with Crippen LogP contribution in [0.15, 0.2) is 30.3 Å². The van der Waals surface area contributed by atoms with E-state index in [4.69, 9.17) is 11.6 Å². The molecule has 1 heterocycles. The number of likely N-dealkylation sites (tertiary alicyclic amines) is 1. The Morgan fingerprint density at radius 2 is 2.10 bits per heavy atom. The fraction of sp³-hybridized carbons (Fsp3) is 0.357. The minimum Gasteiger partial charge on any atom is -0.338 e. The van der Waals surface area contributed by atoms with Gasteiger partial charge in [-0.15, -0.1) is 0 Å². The highest BCUT2D eigenvalue weighted by molar-refractivity contribution is 7.91. The number of carbonyl (C=O) groups is 1. The molecule has 0 aromatic heterocycles. The van der Waals surface area contributed by atoms with Gasteiger partial charge in [-0.05, 0) is 24.1 Å². The number of benzene rings is 1. The van der Waals surface area contributed by atoms with Gasteiger partial charge in [0.2, 0.25) is 5.91 Å². The van der Waals surface area contributed by atoms with E-state index >= 15 is 0 Å². The molecule has 1 fully saturated rings. The lowest BCUT2D eigenvalue weighted by molar-refractivity contribution is -0.124. The molecule has 0 unspecified atom stereocenters. The highest BCUT2D eigenvalue weighted by atomic mass is 35.5. The van der Waals surface area contributed by atoms with E-state index < -0.39 is 15.1 Å². The molecule has 0 N–H and O–H groups in total. The van der Waals surface area contributed by atoms with E-state index in [-0.39, 0.29) is 12.5 Å². The van der Waals surface area contributed by atoms with Gasteiger partial charge in [0.25, 0.3) is 0 Å². The maximum atomic E-state index is 12.0. The largest absolute Gasteiger partial charge is 0.338 e. The molecule has 108 valence electrons. The van der Waals surface area contributed by atoms with Crippen molar-refractivity contribution in [3.63, 3.8) is 0 Å². The zero-order chi connectivity index (χ0) is 14.8. The van der Waals surface area contributed by atoms with E-state index in [1.807, 2.05) is 18.2 Å². The molecule has 0 spiro atoms. The van der Waals surface area contributed by atoms with Gasteiger partial charge in [0, 0.05) is 30.4 Å². The number of rotatable bonds is 3. The van der Waals surface area contributed by atoms with Crippen LogP contribution in [0.4, 0.5) is 0 Å². The van der Waals surface area contributed by atoms with Crippen LogP contribution in [0, 0.1) is 0 Å². The van der Waals surface area contributed by atoms with Crippen molar-refractivity contribution in [1.82, 2.24) is 4.90 Å². The average Bonchev–Trinajstić information content (AvgIpc) is 2.87. The van der Waals surface area contributed by atoms with Gasteiger partial charge in [0.05, 0.1) is 5.25 Å². The van der Waals surface area contributed by atoms with E-state index in [1.54, 1.807) is 17.0 Å². The van der Waals surface area contributed by atoms with Crippen molar-refractivity contribution in [3.8, 4) is 0 Å². The minimum absolute atomic E-state index is 0.184. The van der Waals surface area contributed by atoms with Crippen LogP contribution in [0.3, 0.4) is 0 Å². The lowest BCUT2D eigenvalue weighted by atomic mass is 10.2. The number of nitrogens with zero attached hydrogens (tertiary/aromatic N) is 1. The Labute approximate surface area is 124 Å². The van der Waals surface area contributed by atoms with E-state index in [2.05, 4.69) is 0 Å². The summed E-state index contributed by atoms with van der Waals surface area (Å²) >= 11 is 5.99. The molecule has 6 heteroatoms. The Balaban J connectivity index is 2.02. The first-order chi connectivity index (χ1) is 9.38. The Morgan fingerprint density at radius 1 is 1.40 bits per heavy atom. The fourth-order valence-electron chi connectivity index (χ4n) is 2.15. The molecule has 1 saturated heterocycles. The Morgan fingerprint density at radius 3 is 2.70 bits per heavy atom. The van der Waals surface area contributed by atoms with Crippen LogP contribution in [-0.2, 0) is 14.6 Å². The highest BCUT2D eigenvalue weighted by Crippen LogP contribution is 2.18. The van der Waals surface area contributed by atoms with Gasteiger partial charge in [0.1, 0.15) is 0 Å². The summed E-state index contributed by atoms with van der Waals surface area (Å²) in [5.74, 6) is -0.184. The first kappa shape index (κ1) is 15.1. The van der Waals surface area contributed by atoms with Crippen molar-refractivity contribution in [3.05, 3.63) is 40.9 Å². The first-order valence-corrected chi connectivity index (χ1v) is 8.61. The summed E-state index contributed by atoms with van der Waals surface area (Å²) in [6.07, 6.45) is 4.81. The summed E-state index contributed by atoms with van der Waals surface area (Å²) in [4.78, 5) is 13.6. The molecule has 1 aliphatic rings. The number of hydrogen-bond acceptors (Lipinski definition) is 3. The number of halogens is 1. The Kier molecular flexibility index (Phi) is 4.50. The van der Waals surface area contributed by atoms with Gasteiger partial charge in [-0.3, -0.25) is 4.79 Å². The molecule has 1 atom stereocenters. The van der Waals surface area contributed by atoms with Crippen molar-refractivity contribution >= 4 is 33.4 Å². The van der Waals surface area contributed by atoms with Crippen molar-refractivity contribution < 1.29 is 13.2 Å². The average molecular weight is 314 g/mol. The summed E-state index contributed by atoms with van der Waals surface area (Å²) in [7, 11) is -3.08. The number of amides is 1. The molecule has 1 aliphatic heterocycles. The van der Waals surface area contributed by atoms with Crippen molar-refractivity contribution in [2.75, 3.05) is 19.3 Å². The molecule has 2 rings (SSSR count). The highest BCUT2D eigenvalue weighted by Gasteiger charge is 2.31. The van der Waals surface area contributed by atoms with E-state index in [1.165, 1.54) is 12.3 Å². The van der Waals surface area contributed by atoms with Crippen LogP contribution in [0.2, 0.25) is 5.02 Å². The molecule has 1 aromatic rings. The number of hydrogen-bond donors (Lipinski definition) is 0. The molecule has 0 saturated carbocycles. The second-order valence-corrected chi connectivity index (χ2v) is 7.61. The predicted octanol–water partition coefficient (Wildman–Crippen LogP) is 2.00. The third kappa shape index (κ3) is 3.61. The quantitative estimate of drug-likeness (QED) is 0.802. The lowest BCUT2D eigenvalue weighted by Gasteiger charge is -2.13. The second-order valence-electron chi connectivity index (χ2n) is 4.88. The van der Waals surface area contributed by atoms with Crippen molar-refractivity contribution in [1.29, 1.82) is 0 Å². The van der Waals surface area contributed by atoms with Gasteiger partial charge < -0.3 is 4.90 Å². The SMILES string of the molecule is CS(=O)(=O)[C@H]1CCN(C(=O)/C=C/c2ccccc2Cl)C1. The molecule has 20 heavy (non-hydrogen) atoms. The van der Waals surface area contributed by atoms with E-state index in [0.717, 1.165) is 5.56 Å². The van der Waals surface area contributed by atoms with Crippen LogP contribution in [0.25, 0.3) is 6.08 Å². The maximum absolute atomic E-state index is 12.0. The normalized spacial score (nSPS) is 19.7. The van der Waals surface area contributed by atoms with Gasteiger partial charge >= 0.3 is 0 Å². The summed E-state index contributed by atoms with van der Waals surface area (Å²) in [5.41, 5.74) is 0.765. The number of carbonyl (C=O) groups excluding carboxylic acids is 1. The van der Waals surface area contributed by atoms with Gasteiger partial charge in [-0.25, -0.2) is 8.42 Å². The van der Waals surface area contributed by atoms with Crippen LogP contribution < -0.4 is 0 Å². The van der Waals surface area contributed by atoms with E-state index in [9.17, 15) is 13.2 Å². The van der Waals surface area contributed by atoms with Crippen LogP contribution in [-0.4, -0.2) is 43.8 Å². The summed E-state index contributed by atoms with van der Waals surface area (Å²) in [6, 6.07) is 7.22.